The molecule has 20 heavy (non-hydrogen) atoms. The van der Waals surface area contributed by atoms with E-state index in [9.17, 15) is 0 Å². The number of amidine groups is 1. The van der Waals surface area contributed by atoms with Crippen molar-refractivity contribution in [2.24, 2.45) is 4.99 Å². The van der Waals surface area contributed by atoms with Gasteiger partial charge in [0.05, 0.1) is 5.69 Å². The number of benzene rings is 2. The molecular weight excluding hydrogens is 250 g/mol. The molecule has 0 amide bonds. The second-order valence-corrected chi connectivity index (χ2v) is 4.73. The van der Waals surface area contributed by atoms with E-state index < -0.39 is 0 Å². The van der Waals surface area contributed by atoms with Gasteiger partial charge in [-0.05, 0) is 24.1 Å². The summed E-state index contributed by atoms with van der Waals surface area (Å²) < 4.78 is 5.65. The molecule has 4 nitrogen and oxygen atoms in total. The van der Waals surface area contributed by atoms with E-state index in [1.54, 1.807) is 0 Å². The number of nitrogen functional groups attached to an aromatic ring is 1. The summed E-state index contributed by atoms with van der Waals surface area (Å²) in [5, 5.41) is 3.28. The Bertz CT molecular complexity index is 623. The highest BCUT2D eigenvalue weighted by Crippen LogP contribution is 2.29. The molecule has 3 rings (SSSR count). The summed E-state index contributed by atoms with van der Waals surface area (Å²) in [6, 6.07) is 15.9. The van der Waals surface area contributed by atoms with Crippen LogP contribution >= 0.6 is 0 Å². The van der Waals surface area contributed by atoms with Crippen LogP contribution in [0.2, 0.25) is 0 Å². The Labute approximate surface area is 118 Å². The third-order valence-electron chi connectivity index (χ3n) is 3.19. The van der Waals surface area contributed by atoms with E-state index in [4.69, 9.17) is 10.5 Å². The molecule has 0 aromatic heterocycles. The molecule has 1 aliphatic heterocycles. The average Bonchev–Trinajstić information content (AvgIpc) is 2.48. The maximum atomic E-state index is 5.72. The monoisotopic (exact) mass is 267 g/mol. The van der Waals surface area contributed by atoms with Gasteiger partial charge in [0.15, 0.2) is 0 Å². The maximum Gasteiger partial charge on any atom is 0.146 e. The fraction of sp³-hybridized carbons (Fsp3) is 0.188. The van der Waals surface area contributed by atoms with Crippen LogP contribution in [0.1, 0.15) is 5.56 Å². The van der Waals surface area contributed by atoms with Gasteiger partial charge in [0.25, 0.3) is 0 Å². The lowest BCUT2D eigenvalue weighted by Crippen LogP contribution is -2.26. The molecule has 1 heterocycles. The number of hydrogen-bond acceptors (Lipinski definition) is 3. The predicted octanol–water partition coefficient (Wildman–Crippen LogP) is 2.71. The van der Waals surface area contributed by atoms with Crippen LogP contribution in [0.4, 0.5) is 11.4 Å². The topological polar surface area (TPSA) is 59.6 Å². The number of aliphatic imine (C=N–C) groups is 1. The first-order valence-corrected chi connectivity index (χ1v) is 6.68. The summed E-state index contributed by atoms with van der Waals surface area (Å²) in [5.74, 6) is 1.64. The van der Waals surface area contributed by atoms with Crippen LogP contribution in [0.25, 0.3) is 0 Å². The average molecular weight is 267 g/mol. The SMILES string of the molecule is Nc1ccc2c(c1)OCC(=NCCc1ccccc1)N2. The Morgan fingerprint density at radius 3 is 2.85 bits per heavy atom. The highest BCUT2D eigenvalue weighted by atomic mass is 16.5. The number of hydrogen-bond donors (Lipinski definition) is 2. The molecule has 0 atom stereocenters. The third kappa shape index (κ3) is 2.91. The molecule has 0 aliphatic carbocycles. The van der Waals surface area contributed by atoms with Crippen LogP contribution < -0.4 is 15.8 Å². The second-order valence-electron chi connectivity index (χ2n) is 4.73. The zero-order valence-electron chi connectivity index (χ0n) is 11.2. The van der Waals surface area contributed by atoms with Crippen LogP contribution in [-0.4, -0.2) is 19.0 Å². The first kappa shape index (κ1) is 12.5. The zero-order valence-corrected chi connectivity index (χ0v) is 11.2. The van der Waals surface area contributed by atoms with Gasteiger partial charge in [0.1, 0.15) is 18.2 Å². The van der Waals surface area contributed by atoms with Crippen LogP contribution in [0.3, 0.4) is 0 Å². The van der Waals surface area contributed by atoms with E-state index in [-0.39, 0.29) is 0 Å². The van der Waals surface area contributed by atoms with Crippen molar-refractivity contribution in [2.45, 2.75) is 6.42 Å². The standard InChI is InChI=1S/C16H17N3O/c17-13-6-7-14-15(10-13)20-11-16(19-14)18-9-8-12-4-2-1-3-5-12/h1-7,10H,8-9,11,17H2,(H,18,19). The summed E-state index contributed by atoms with van der Waals surface area (Å²) in [6.45, 7) is 1.21. The Kier molecular flexibility index (Phi) is 3.54. The molecule has 2 aromatic rings. The van der Waals surface area contributed by atoms with Gasteiger partial charge >= 0.3 is 0 Å². The number of ether oxygens (including phenoxy) is 1. The highest BCUT2D eigenvalue weighted by Gasteiger charge is 2.14. The lowest BCUT2D eigenvalue weighted by atomic mass is 10.1. The molecule has 0 fully saturated rings. The maximum absolute atomic E-state index is 5.72. The van der Waals surface area contributed by atoms with E-state index in [0.717, 1.165) is 30.2 Å². The largest absolute Gasteiger partial charge is 0.483 e. The van der Waals surface area contributed by atoms with E-state index in [1.807, 2.05) is 36.4 Å². The molecule has 1 aliphatic rings. The van der Waals surface area contributed by atoms with Gasteiger partial charge in [-0.3, -0.25) is 4.99 Å². The first-order valence-electron chi connectivity index (χ1n) is 6.68. The zero-order chi connectivity index (χ0) is 13.8. The fourth-order valence-electron chi connectivity index (χ4n) is 2.15. The summed E-state index contributed by atoms with van der Waals surface area (Å²) >= 11 is 0. The van der Waals surface area contributed by atoms with Crippen LogP contribution in [0.5, 0.6) is 5.75 Å². The molecule has 2 aromatic carbocycles. The first-order chi connectivity index (χ1) is 9.81. The lowest BCUT2D eigenvalue weighted by molar-refractivity contribution is 0.372. The Balaban J connectivity index is 1.62. The number of rotatable bonds is 3. The van der Waals surface area contributed by atoms with Gasteiger partial charge in [-0.25, -0.2) is 0 Å². The van der Waals surface area contributed by atoms with Crippen molar-refractivity contribution in [3.05, 3.63) is 54.1 Å². The number of anilines is 2. The number of fused-ring (bicyclic) bond motifs is 1. The normalized spacial score (nSPS) is 15.3. The van der Waals surface area contributed by atoms with Gasteiger partial charge in [0, 0.05) is 18.3 Å². The molecule has 4 heteroatoms. The minimum absolute atomic E-state index is 0.464. The van der Waals surface area contributed by atoms with Gasteiger partial charge in [-0.15, -0.1) is 0 Å². The van der Waals surface area contributed by atoms with Crippen LogP contribution in [-0.2, 0) is 6.42 Å². The Morgan fingerprint density at radius 1 is 1.15 bits per heavy atom. The third-order valence-corrected chi connectivity index (χ3v) is 3.19. The van der Waals surface area contributed by atoms with Gasteiger partial charge in [-0.2, -0.15) is 0 Å². The minimum atomic E-state index is 0.464. The van der Waals surface area contributed by atoms with E-state index in [2.05, 4.69) is 22.4 Å². The molecule has 0 saturated heterocycles. The van der Waals surface area contributed by atoms with Gasteiger partial charge < -0.3 is 15.8 Å². The molecule has 3 N–H and O–H groups in total. The van der Waals surface area contributed by atoms with Crippen molar-refractivity contribution < 1.29 is 4.74 Å². The number of nitrogens with two attached hydrogens (primary N) is 1. The smallest absolute Gasteiger partial charge is 0.146 e. The van der Waals surface area contributed by atoms with Crippen LogP contribution in [0, 0.1) is 0 Å². The molecule has 0 saturated carbocycles. The molecule has 0 spiro atoms. The van der Waals surface area contributed by atoms with Crippen molar-refractivity contribution in [3.8, 4) is 5.75 Å². The van der Waals surface area contributed by atoms with E-state index in [1.165, 1.54) is 5.56 Å². The van der Waals surface area contributed by atoms with Crippen molar-refractivity contribution in [1.82, 2.24) is 0 Å². The lowest BCUT2D eigenvalue weighted by Gasteiger charge is -2.21. The number of nitrogens with one attached hydrogen (secondary N) is 1. The summed E-state index contributed by atoms with van der Waals surface area (Å²) in [6.07, 6.45) is 0.931. The van der Waals surface area contributed by atoms with Gasteiger partial charge in [-0.1, -0.05) is 30.3 Å². The molecule has 0 bridgehead atoms. The summed E-state index contributed by atoms with van der Waals surface area (Å²) in [7, 11) is 0. The van der Waals surface area contributed by atoms with E-state index >= 15 is 0 Å². The predicted molar refractivity (Wildman–Crippen MR) is 82.4 cm³/mol. The minimum Gasteiger partial charge on any atom is -0.483 e. The summed E-state index contributed by atoms with van der Waals surface area (Å²) in [5.41, 5.74) is 8.64. The molecule has 0 unspecified atom stereocenters. The molecular formula is C16H17N3O. The number of nitrogens with zero attached hydrogens (tertiary/aromatic N) is 1. The van der Waals surface area contributed by atoms with Crippen LogP contribution in [0.15, 0.2) is 53.5 Å². The Morgan fingerprint density at radius 2 is 2.00 bits per heavy atom. The van der Waals surface area contributed by atoms with Crippen molar-refractivity contribution in [3.63, 3.8) is 0 Å². The van der Waals surface area contributed by atoms with E-state index in [0.29, 0.717) is 12.3 Å². The molecule has 102 valence electrons. The quantitative estimate of drug-likeness (QED) is 0.841. The van der Waals surface area contributed by atoms with Gasteiger partial charge in [0.2, 0.25) is 0 Å². The second kappa shape index (κ2) is 5.65. The molecule has 0 radical (unpaired) electrons. The highest BCUT2D eigenvalue weighted by molar-refractivity contribution is 5.99. The van der Waals surface area contributed by atoms with Crippen molar-refractivity contribution in [2.75, 3.05) is 24.2 Å². The fourth-order valence-corrected chi connectivity index (χ4v) is 2.15. The Hall–Kier alpha value is -2.49. The van der Waals surface area contributed by atoms with Crippen molar-refractivity contribution in [1.29, 1.82) is 0 Å². The summed E-state index contributed by atoms with van der Waals surface area (Å²) in [4.78, 5) is 4.55. The van der Waals surface area contributed by atoms with Crippen molar-refractivity contribution >= 4 is 17.2 Å².